The Morgan fingerprint density at radius 1 is 0.931 bits per heavy atom. The minimum atomic E-state index is -0.299. The van der Waals surface area contributed by atoms with Crippen molar-refractivity contribution in [2.24, 2.45) is 0 Å². The SMILES string of the molecule is Cc1ccc(CCC(=O)NCCOC(=O)Cc2ccc(-n3cccc3)cc2)cc1. The van der Waals surface area contributed by atoms with Gasteiger partial charge in [0.25, 0.3) is 0 Å². The van der Waals surface area contributed by atoms with E-state index >= 15 is 0 Å². The molecule has 1 amide bonds. The topological polar surface area (TPSA) is 60.3 Å². The molecule has 0 saturated carbocycles. The molecule has 5 heteroatoms. The number of hydrogen-bond acceptors (Lipinski definition) is 3. The minimum Gasteiger partial charge on any atom is -0.464 e. The zero-order chi connectivity index (χ0) is 20.5. The van der Waals surface area contributed by atoms with Crippen LogP contribution in [0.25, 0.3) is 5.69 Å². The lowest BCUT2D eigenvalue weighted by molar-refractivity contribution is -0.143. The highest BCUT2D eigenvalue weighted by molar-refractivity contribution is 5.76. The first kappa shape index (κ1) is 20.4. The van der Waals surface area contributed by atoms with Gasteiger partial charge in [-0.05, 0) is 48.7 Å². The van der Waals surface area contributed by atoms with Crippen molar-refractivity contribution < 1.29 is 14.3 Å². The Morgan fingerprint density at radius 2 is 1.59 bits per heavy atom. The largest absolute Gasteiger partial charge is 0.464 e. The normalized spacial score (nSPS) is 10.5. The number of aryl methyl sites for hydroxylation is 2. The van der Waals surface area contributed by atoms with Crippen LogP contribution in [0.2, 0.25) is 0 Å². The predicted octanol–water partition coefficient (Wildman–Crippen LogP) is 3.62. The second-order valence-electron chi connectivity index (χ2n) is 6.99. The van der Waals surface area contributed by atoms with E-state index in [0.29, 0.717) is 19.4 Å². The van der Waals surface area contributed by atoms with Crippen LogP contribution in [-0.2, 0) is 27.2 Å². The highest BCUT2D eigenvalue weighted by atomic mass is 16.5. The van der Waals surface area contributed by atoms with Crippen LogP contribution in [0.4, 0.5) is 0 Å². The van der Waals surface area contributed by atoms with Crippen LogP contribution in [0.15, 0.2) is 73.1 Å². The summed E-state index contributed by atoms with van der Waals surface area (Å²) in [6, 6.07) is 19.9. The van der Waals surface area contributed by atoms with Crippen molar-refractivity contribution in [2.45, 2.75) is 26.2 Å². The summed E-state index contributed by atoms with van der Waals surface area (Å²) in [5, 5.41) is 2.79. The Balaban J connectivity index is 1.31. The molecule has 0 unspecified atom stereocenters. The lowest BCUT2D eigenvalue weighted by atomic mass is 10.1. The van der Waals surface area contributed by atoms with Gasteiger partial charge in [-0.25, -0.2) is 0 Å². The summed E-state index contributed by atoms with van der Waals surface area (Å²) in [6.07, 6.45) is 5.28. The third-order valence-electron chi connectivity index (χ3n) is 4.64. The molecular formula is C24H26N2O3. The van der Waals surface area contributed by atoms with Crippen molar-refractivity contribution in [1.82, 2.24) is 9.88 Å². The number of aromatic nitrogens is 1. The number of hydrogen-bond donors (Lipinski definition) is 1. The van der Waals surface area contributed by atoms with Crippen molar-refractivity contribution in [3.05, 3.63) is 89.7 Å². The fraction of sp³-hybridized carbons (Fsp3) is 0.250. The molecule has 5 nitrogen and oxygen atoms in total. The Labute approximate surface area is 171 Å². The van der Waals surface area contributed by atoms with E-state index in [2.05, 4.69) is 5.32 Å². The Kier molecular flexibility index (Phi) is 7.22. The summed E-state index contributed by atoms with van der Waals surface area (Å²) in [5.74, 6) is -0.338. The summed E-state index contributed by atoms with van der Waals surface area (Å²) >= 11 is 0. The van der Waals surface area contributed by atoms with Gasteiger partial charge in [0.15, 0.2) is 0 Å². The third kappa shape index (κ3) is 6.64. The molecule has 1 aromatic heterocycles. The standard InChI is InChI=1S/C24H26N2O3/c1-19-4-6-20(7-5-19)10-13-23(27)25-14-17-29-24(28)18-21-8-11-22(12-9-21)26-15-2-3-16-26/h2-9,11-12,15-16H,10,13-14,17-18H2,1H3,(H,25,27). The van der Waals surface area contributed by atoms with Crippen molar-refractivity contribution >= 4 is 11.9 Å². The van der Waals surface area contributed by atoms with Gasteiger partial charge in [0.2, 0.25) is 5.91 Å². The molecule has 0 aliphatic rings. The monoisotopic (exact) mass is 390 g/mol. The molecule has 0 aliphatic carbocycles. The zero-order valence-corrected chi connectivity index (χ0v) is 16.6. The van der Waals surface area contributed by atoms with Gasteiger partial charge in [0.05, 0.1) is 13.0 Å². The average Bonchev–Trinajstić information content (AvgIpc) is 3.26. The third-order valence-corrected chi connectivity index (χ3v) is 4.64. The lowest BCUT2D eigenvalue weighted by Gasteiger charge is -2.08. The highest BCUT2D eigenvalue weighted by Crippen LogP contribution is 2.11. The zero-order valence-electron chi connectivity index (χ0n) is 16.6. The summed E-state index contributed by atoms with van der Waals surface area (Å²) in [6.45, 7) is 2.54. The van der Waals surface area contributed by atoms with Crippen LogP contribution in [0.5, 0.6) is 0 Å². The van der Waals surface area contributed by atoms with Crippen LogP contribution in [-0.4, -0.2) is 29.6 Å². The van der Waals surface area contributed by atoms with Crippen molar-refractivity contribution in [1.29, 1.82) is 0 Å². The van der Waals surface area contributed by atoms with Gasteiger partial charge in [-0.3, -0.25) is 9.59 Å². The van der Waals surface area contributed by atoms with Crippen LogP contribution in [0.1, 0.15) is 23.1 Å². The Hall–Kier alpha value is -3.34. The summed E-state index contributed by atoms with van der Waals surface area (Å²) in [4.78, 5) is 23.9. The molecule has 0 saturated heterocycles. The van der Waals surface area contributed by atoms with E-state index in [-0.39, 0.29) is 24.9 Å². The van der Waals surface area contributed by atoms with Crippen molar-refractivity contribution in [3.63, 3.8) is 0 Å². The highest BCUT2D eigenvalue weighted by Gasteiger charge is 2.06. The van der Waals surface area contributed by atoms with Crippen molar-refractivity contribution in [2.75, 3.05) is 13.2 Å². The van der Waals surface area contributed by atoms with E-state index in [1.54, 1.807) is 0 Å². The maximum Gasteiger partial charge on any atom is 0.310 e. The smallest absolute Gasteiger partial charge is 0.310 e. The van der Waals surface area contributed by atoms with Crippen LogP contribution in [0, 0.1) is 6.92 Å². The molecular weight excluding hydrogens is 364 g/mol. The van der Waals surface area contributed by atoms with Crippen LogP contribution in [0.3, 0.4) is 0 Å². The van der Waals surface area contributed by atoms with E-state index in [1.165, 1.54) is 5.56 Å². The number of nitrogens with zero attached hydrogens (tertiary/aromatic N) is 1. The molecule has 150 valence electrons. The predicted molar refractivity (Wildman–Crippen MR) is 113 cm³/mol. The number of carbonyl (C=O) groups excluding carboxylic acids is 2. The van der Waals surface area contributed by atoms with E-state index in [1.807, 2.05) is 84.5 Å². The van der Waals surface area contributed by atoms with Gasteiger partial charge >= 0.3 is 5.97 Å². The van der Waals surface area contributed by atoms with Crippen LogP contribution < -0.4 is 5.32 Å². The number of rotatable bonds is 9. The van der Waals surface area contributed by atoms with E-state index in [4.69, 9.17) is 4.74 Å². The Bertz CT molecular complexity index is 914. The van der Waals surface area contributed by atoms with Gasteiger partial charge in [-0.15, -0.1) is 0 Å². The van der Waals surface area contributed by atoms with Gasteiger partial charge in [0, 0.05) is 24.5 Å². The number of carbonyl (C=O) groups is 2. The quantitative estimate of drug-likeness (QED) is 0.448. The number of nitrogens with one attached hydrogen (secondary N) is 1. The average molecular weight is 390 g/mol. The molecule has 1 heterocycles. The second-order valence-corrected chi connectivity index (χ2v) is 6.99. The van der Waals surface area contributed by atoms with Gasteiger partial charge in [-0.1, -0.05) is 42.0 Å². The molecule has 0 fully saturated rings. The van der Waals surface area contributed by atoms with Gasteiger partial charge in [-0.2, -0.15) is 0 Å². The Morgan fingerprint density at radius 3 is 2.28 bits per heavy atom. The van der Waals surface area contributed by atoms with Crippen LogP contribution >= 0.6 is 0 Å². The molecule has 0 bridgehead atoms. The summed E-state index contributed by atoms with van der Waals surface area (Å²) in [5.41, 5.74) is 4.28. The summed E-state index contributed by atoms with van der Waals surface area (Å²) < 4.78 is 7.22. The van der Waals surface area contributed by atoms with Gasteiger partial charge in [0.1, 0.15) is 6.61 Å². The minimum absolute atomic E-state index is 0.0396. The molecule has 0 aliphatic heterocycles. The number of benzene rings is 2. The number of amides is 1. The van der Waals surface area contributed by atoms with Gasteiger partial charge < -0.3 is 14.6 Å². The molecule has 0 atom stereocenters. The first-order valence-corrected chi connectivity index (χ1v) is 9.80. The molecule has 0 radical (unpaired) electrons. The maximum atomic E-state index is 12.0. The van der Waals surface area contributed by atoms with E-state index in [0.717, 1.165) is 16.8 Å². The second kappa shape index (κ2) is 10.3. The number of ether oxygens (including phenoxy) is 1. The maximum absolute atomic E-state index is 12.0. The molecule has 2 aromatic carbocycles. The first-order chi connectivity index (χ1) is 14.1. The van der Waals surface area contributed by atoms with Crippen molar-refractivity contribution in [3.8, 4) is 5.69 Å². The molecule has 3 rings (SSSR count). The fourth-order valence-corrected chi connectivity index (χ4v) is 2.97. The number of esters is 1. The summed E-state index contributed by atoms with van der Waals surface area (Å²) in [7, 11) is 0. The molecule has 0 spiro atoms. The van der Waals surface area contributed by atoms with E-state index < -0.39 is 0 Å². The molecule has 1 N–H and O–H groups in total. The first-order valence-electron chi connectivity index (χ1n) is 9.80. The lowest BCUT2D eigenvalue weighted by Crippen LogP contribution is -2.28. The van der Waals surface area contributed by atoms with E-state index in [9.17, 15) is 9.59 Å². The molecule has 29 heavy (non-hydrogen) atoms. The fourth-order valence-electron chi connectivity index (χ4n) is 2.97. The molecule has 3 aromatic rings.